The van der Waals surface area contributed by atoms with Crippen LogP contribution in [0.2, 0.25) is 0 Å². The average Bonchev–Trinajstić information content (AvgIpc) is 2.39. The van der Waals surface area contributed by atoms with E-state index in [9.17, 15) is 15.0 Å². The first-order valence-corrected chi connectivity index (χ1v) is 5.49. The fourth-order valence-electron chi connectivity index (χ4n) is 1.54. The van der Waals surface area contributed by atoms with Crippen molar-refractivity contribution in [2.75, 3.05) is 7.11 Å². The van der Waals surface area contributed by atoms with Crippen LogP contribution in [0.5, 0.6) is 23.0 Å². The first-order chi connectivity index (χ1) is 9.11. The molecule has 0 atom stereocenters. The van der Waals surface area contributed by atoms with Crippen LogP contribution in [0.15, 0.2) is 42.5 Å². The van der Waals surface area contributed by atoms with Crippen LogP contribution in [0.4, 0.5) is 0 Å². The van der Waals surface area contributed by atoms with Crippen molar-refractivity contribution in [3.8, 4) is 23.0 Å². The number of benzene rings is 2. The van der Waals surface area contributed by atoms with E-state index in [-0.39, 0.29) is 28.6 Å². The maximum Gasteiger partial charge on any atom is 0.347 e. The predicted octanol–water partition coefficient (Wildman–Crippen LogP) is 2.33. The lowest BCUT2D eigenvalue weighted by molar-refractivity contribution is 0.0731. The molecule has 0 saturated heterocycles. The molecule has 0 radical (unpaired) electrons. The number of ether oxygens (including phenoxy) is 2. The minimum Gasteiger partial charge on any atom is -0.507 e. The summed E-state index contributed by atoms with van der Waals surface area (Å²) in [5.41, 5.74) is 0.0535. The van der Waals surface area contributed by atoms with E-state index in [4.69, 9.17) is 9.47 Å². The third-order valence-corrected chi connectivity index (χ3v) is 2.48. The fraction of sp³-hybridized carbons (Fsp3) is 0.0714. The molecule has 2 aromatic carbocycles. The van der Waals surface area contributed by atoms with Crippen LogP contribution in [0.3, 0.4) is 0 Å². The predicted molar refractivity (Wildman–Crippen MR) is 67.7 cm³/mol. The van der Waals surface area contributed by atoms with Crippen LogP contribution in [0.25, 0.3) is 0 Å². The number of hydrogen-bond donors (Lipinski definition) is 2. The van der Waals surface area contributed by atoms with Gasteiger partial charge in [0.2, 0.25) is 0 Å². The van der Waals surface area contributed by atoms with Gasteiger partial charge in [-0.1, -0.05) is 12.1 Å². The molecule has 0 aliphatic rings. The molecule has 0 bridgehead atoms. The summed E-state index contributed by atoms with van der Waals surface area (Å²) in [5.74, 6) is -0.563. The SMILES string of the molecule is COc1ccc(OC(=O)c2ccccc2O)cc1O. The van der Waals surface area contributed by atoms with E-state index in [1.54, 1.807) is 12.1 Å². The molecule has 2 N–H and O–H groups in total. The molecule has 19 heavy (non-hydrogen) atoms. The summed E-state index contributed by atoms with van der Waals surface area (Å²) in [6, 6.07) is 10.3. The lowest BCUT2D eigenvalue weighted by Gasteiger charge is -2.08. The number of carbonyl (C=O) groups is 1. The van der Waals surface area contributed by atoms with Crippen molar-refractivity contribution in [2.24, 2.45) is 0 Å². The Morgan fingerprint density at radius 1 is 1.05 bits per heavy atom. The topological polar surface area (TPSA) is 76.0 Å². The molecule has 2 aromatic rings. The number of hydrogen-bond acceptors (Lipinski definition) is 5. The van der Waals surface area contributed by atoms with E-state index in [2.05, 4.69) is 0 Å². The Labute approximate surface area is 109 Å². The Kier molecular flexibility index (Phi) is 3.56. The minimum atomic E-state index is -0.706. The summed E-state index contributed by atoms with van der Waals surface area (Å²) in [6.45, 7) is 0. The monoisotopic (exact) mass is 260 g/mol. The number of methoxy groups -OCH3 is 1. The maximum atomic E-state index is 11.8. The standard InChI is InChI=1S/C14H12O5/c1-18-13-7-6-9(8-12(13)16)19-14(17)10-4-2-3-5-11(10)15/h2-8,15-16H,1H3. The first kappa shape index (κ1) is 12.8. The highest BCUT2D eigenvalue weighted by Crippen LogP contribution is 2.30. The maximum absolute atomic E-state index is 11.8. The molecule has 0 amide bonds. The first-order valence-electron chi connectivity index (χ1n) is 5.49. The van der Waals surface area contributed by atoms with Crippen molar-refractivity contribution in [2.45, 2.75) is 0 Å². The molecule has 0 aliphatic heterocycles. The van der Waals surface area contributed by atoms with Gasteiger partial charge in [-0.2, -0.15) is 0 Å². The highest BCUT2D eigenvalue weighted by Gasteiger charge is 2.13. The quantitative estimate of drug-likeness (QED) is 0.654. The number of aromatic hydroxyl groups is 2. The van der Waals surface area contributed by atoms with Crippen LogP contribution in [-0.2, 0) is 0 Å². The average molecular weight is 260 g/mol. The van der Waals surface area contributed by atoms with E-state index < -0.39 is 5.97 Å². The van der Waals surface area contributed by atoms with Crippen molar-refractivity contribution in [3.63, 3.8) is 0 Å². The molecule has 0 aromatic heterocycles. The molecule has 5 heteroatoms. The number of phenolic OH excluding ortho intramolecular Hbond substituents is 2. The lowest BCUT2D eigenvalue weighted by atomic mass is 10.2. The molecule has 98 valence electrons. The van der Waals surface area contributed by atoms with Gasteiger partial charge in [-0.05, 0) is 24.3 Å². The number of rotatable bonds is 3. The van der Waals surface area contributed by atoms with Crippen LogP contribution >= 0.6 is 0 Å². The molecule has 0 unspecified atom stereocenters. The van der Waals surface area contributed by atoms with E-state index in [1.807, 2.05) is 0 Å². The molecule has 0 heterocycles. The number of carbonyl (C=O) groups excluding carboxylic acids is 1. The minimum absolute atomic E-state index is 0.0535. The van der Waals surface area contributed by atoms with Gasteiger partial charge in [0.25, 0.3) is 0 Å². The van der Waals surface area contributed by atoms with Gasteiger partial charge in [0, 0.05) is 6.07 Å². The highest BCUT2D eigenvalue weighted by molar-refractivity contribution is 5.93. The zero-order chi connectivity index (χ0) is 13.8. The van der Waals surface area contributed by atoms with Crippen molar-refractivity contribution in [1.82, 2.24) is 0 Å². The van der Waals surface area contributed by atoms with E-state index in [0.29, 0.717) is 0 Å². The number of phenols is 2. The largest absolute Gasteiger partial charge is 0.507 e. The molecular formula is C14H12O5. The fourth-order valence-corrected chi connectivity index (χ4v) is 1.54. The van der Waals surface area contributed by atoms with Crippen LogP contribution in [-0.4, -0.2) is 23.3 Å². The summed E-state index contributed by atoms with van der Waals surface area (Å²) < 4.78 is 9.93. The van der Waals surface area contributed by atoms with E-state index in [0.717, 1.165) is 0 Å². The highest BCUT2D eigenvalue weighted by atomic mass is 16.5. The molecule has 0 aliphatic carbocycles. The third kappa shape index (κ3) is 2.77. The summed E-state index contributed by atoms with van der Waals surface area (Å²) >= 11 is 0. The van der Waals surface area contributed by atoms with E-state index in [1.165, 1.54) is 37.4 Å². The number of esters is 1. The smallest absolute Gasteiger partial charge is 0.347 e. The zero-order valence-corrected chi connectivity index (χ0v) is 10.2. The second-order valence-electron chi connectivity index (χ2n) is 3.74. The normalized spacial score (nSPS) is 9.95. The summed E-state index contributed by atoms with van der Waals surface area (Å²) in [7, 11) is 1.42. The van der Waals surface area contributed by atoms with Crippen molar-refractivity contribution in [3.05, 3.63) is 48.0 Å². The van der Waals surface area contributed by atoms with Crippen molar-refractivity contribution < 1.29 is 24.5 Å². The Morgan fingerprint density at radius 3 is 2.42 bits per heavy atom. The van der Waals surface area contributed by atoms with Crippen LogP contribution in [0.1, 0.15) is 10.4 Å². The number of para-hydroxylation sites is 1. The molecule has 5 nitrogen and oxygen atoms in total. The Bertz CT molecular complexity index is 607. The van der Waals surface area contributed by atoms with Gasteiger partial charge in [-0.25, -0.2) is 4.79 Å². The van der Waals surface area contributed by atoms with Gasteiger partial charge >= 0.3 is 5.97 Å². The van der Waals surface area contributed by atoms with Crippen LogP contribution < -0.4 is 9.47 Å². The molecule has 0 saturated carbocycles. The molecule has 2 rings (SSSR count). The van der Waals surface area contributed by atoms with Crippen LogP contribution in [0, 0.1) is 0 Å². The van der Waals surface area contributed by atoms with E-state index >= 15 is 0 Å². The van der Waals surface area contributed by atoms with Crippen molar-refractivity contribution in [1.29, 1.82) is 0 Å². The van der Waals surface area contributed by atoms with Gasteiger partial charge in [0.1, 0.15) is 17.1 Å². The second-order valence-corrected chi connectivity index (χ2v) is 3.74. The second kappa shape index (κ2) is 5.30. The zero-order valence-electron chi connectivity index (χ0n) is 10.2. The summed E-state index contributed by atoms with van der Waals surface area (Å²) in [5, 5.41) is 19.1. The molecule has 0 fully saturated rings. The molecular weight excluding hydrogens is 248 g/mol. The van der Waals surface area contributed by atoms with Gasteiger partial charge in [-0.15, -0.1) is 0 Å². The Morgan fingerprint density at radius 2 is 1.79 bits per heavy atom. The summed E-state index contributed by atoms with van der Waals surface area (Å²) in [6.07, 6.45) is 0. The Balaban J connectivity index is 2.20. The van der Waals surface area contributed by atoms with Crippen molar-refractivity contribution >= 4 is 5.97 Å². The van der Waals surface area contributed by atoms with Gasteiger partial charge in [0.15, 0.2) is 11.5 Å². The Hall–Kier alpha value is -2.69. The lowest BCUT2D eigenvalue weighted by Crippen LogP contribution is -2.08. The van der Waals surface area contributed by atoms with Gasteiger partial charge in [0.05, 0.1) is 7.11 Å². The van der Waals surface area contributed by atoms with Gasteiger partial charge < -0.3 is 19.7 Å². The third-order valence-electron chi connectivity index (χ3n) is 2.48. The van der Waals surface area contributed by atoms with Gasteiger partial charge in [-0.3, -0.25) is 0 Å². The summed E-state index contributed by atoms with van der Waals surface area (Å²) in [4.78, 5) is 11.8. The molecule has 0 spiro atoms.